The van der Waals surface area contributed by atoms with Crippen LogP contribution in [0.2, 0.25) is 0 Å². The van der Waals surface area contributed by atoms with Gasteiger partial charge < -0.3 is 10.6 Å². The Bertz CT molecular complexity index is 579. The minimum absolute atomic E-state index is 0. The molecule has 1 saturated heterocycles. The first-order valence-electron chi connectivity index (χ1n) is 7.27. The van der Waals surface area contributed by atoms with Gasteiger partial charge in [0.2, 0.25) is 5.91 Å². The third-order valence-electron chi connectivity index (χ3n) is 4.11. The number of carbonyl (C=O) groups excluding carboxylic acids is 1. The first kappa shape index (κ1) is 17.0. The van der Waals surface area contributed by atoms with Crippen molar-refractivity contribution in [2.75, 3.05) is 13.1 Å². The predicted molar refractivity (Wildman–Crippen MR) is 90.4 cm³/mol. The average molecular weight is 341 g/mol. The van der Waals surface area contributed by atoms with Gasteiger partial charge in [-0.05, 0) is 50.4 Å². The van der Waals surface area contributed by atoms with Gasteiger partial charge in [-0.1, -0.05) is 6.07 Å². The Morgan fingerprint density at radius 1 is 1.45 bits per heavy atom. The largest absolute Gasteiger partial charge is 0.347 e. The Labute approximate surface area is 140 Å². The molecule has 2 aromatic rings. The second-order valence-corrected chi connectivity index (χ2v) is 6.42. The summed E-state index contributed by atoms with van der Waals surface area (Å²) in [7, 11) is 0. The molecular formula is C15H21ClN4OS. The van der Waals surface area contributed by atoms with Crippen molar-refractivity contribution in [2.45, 2.75) is 31.3 Å². The smallest absolute Gasteiger partial charge is 0.248 e. The van der Waals surface area contributed by atoms with E-state index >= 15 is 0 Å². The molecule has 0 spiro atoms. The summed E-state index contributed by atoms with van der Waals surface area (Å²) in [5, 5.41) is 12.8. The fourth-order valence-electron chi connectivity index (χ4n) is 2.86. The summed E-state index contributed by atoms with van der Waals surface area (Å²) in [6, 6.07) is 5.97. The van der Waals surface area contributed by atoms with Gasteiger partial charge in [0.15, 0.2) is 0 Å². The normalized spacial score (nSPS) is 18.2. The Hall–Kier alpha value is -1.37. The lowest BCUT2D eigenvalue weighted by atomic mass is 9.87. The fourth-order valence-corrected chi connectivity index (χ4v) is 3.60. The molecule has 0 aliphatic carbocycles. The topological polar surface area (TPSA) is 59.0 Å². The molecule has 2 aromatic heterocycles. The Balaban J connectivity index is 0.00000176. The van der Waals surface area contributed by atoms with Crippen LogP contribution in [0.25, 0.3) is 0 Å². The quantitative estimate of drug-likeness (QED) is 0.898. The molecule has 1 atom stereocenters. The summed E-state index contributed by atoms with van der Waals surface area (Å²) in [5.41, 5.74) is -0.569. The van der Waals surface area contributed by atoms with E-state index in [4.69, 9.17) is 0 Å². The van der Waals surface area contributed by atoms with E-state index in [0.717, 1.165) is 25.9 Å². The number of piperidine rings is 1. The molecule has 7 heteroatoms. The molecule has 0 radical (unpaired) electrons. The second kappa shape index (κ2) is 7.26. The van der Waals surface area contributed by atoms with Gasteiger partial charge in [0.05, 0.1) is 6.04 Å². The molecule has 1 aliphatic rings. The first-order chi connectivity index (χ1) is 10.2. The SMILES string of the molecule is CC(NC(=O)C1(n2cccn2)CCNCC1)c1cccs1.Cl. The molecule has 3 heterocycles. The van der Waals surface area contributed by atoms with Crippen molar-refractivity contribution in [3.05, 3.63) is 40.8 Å². The summed E-state index contributed by atoms with van der Waals surface area (Å²) in [6.45, 7) is 3.70. The predicted octanol–water partition coefficient (Wildman–Crippen LogP) is 2.32. The minimum Gasteiger partial charge on any atom is -0.347 e. The van der Waals surface area contributed by atoms with Crippen molar-refractivity contribution < 1.29 is 4.79 Å². The lowest BCUT2D eigenvalue weighted by molar-refractivity contribution is -0.132. The van der Waals surface area contributed by atoms with E-state index in [0.29, 0.717) is 0 Å². The first-order valence-corrected chi connectivity index (χ1v) is 8.15. The van der Waals surface area contributed by atoms with Crippen LogP contribution in [0.5, 0.6) is 0 Å². The van der Waals surface area contributed by atoms with E-state index < -0.39 is 5.54 Å². The van der Waals surface area contributed by atoms with Gasteiger partial charge in [-0.15, -0.1) is 23.7 Å². The summed E-state index contributed by atoms with van der Waals surface area (Å²) >= 11 is 1.67. The molecule has 1 aliphatic heterocycles. The Morgan fingerprint density at radius 3 is 2.82 bits per heavy atom. The number of nitrogens with one attached hydrogen (secondary N) is 2. The lowest BCUT2D eigenvalue weighted by Gasteiger charge is -2.37. The van der Waals surface area contributed by atoms with Gasteiger partial charge in [-0.3, -0.25) is 9.48 Å². The van der Waals surface area contributed by atoms with E-state index in [2.05, 4.69) is 21.8 Å². The van der Waals surface area contributed by atoms with Crippen molar-refractivity contribution in [1.29, 1.82) is 0 Å². The van der Waals surface area contributed by atoms with Gasteiger partial charge in [0.25, 0.3) is 0 Å². The van der Waals surface area contributed by atoms with E-state index in [1.165, 1.54) is 4.88 Å². The minimum atomic E-state index is -0.569. The molecule has 0 saturated carbocycles. The van der Waals surface area contributed by atoms with Crippen LogP contribution in [0, 0.1) is 0 Å². The van der Waals surface area contributed by atoms with E-state index in [9.17, 15) is 4.79 Å². The van der Waals surface area contributed by atoms with E-state index in [1.54, 1.807) is 17.5 Å². The summed E-state index contributed by atoms with van der Waals surface area (Å²) in [6.07, 6.45) is 5.15. The van der Waals surface area contributed by atoms with Gasteiger partial charge in [0.1, 0.15) is 5.54 Å². The zero-order valence-electron chi connectivity index (χ0n) is 12.5. The van der Waals surface area contributed by atoms with Crippen LogP contribution in [0.4, 0.5) is 0 Å². The van der Waals surface area contributed by atoms with Crippen LogP contribution in [-0.4, -0.2) is 28.8 Å². The highest BCUT2D eigenvalue weighted by atomic mass is 35.5. The van der Waals surface area contributed by atoms with Crippen molar-refractivity contribution in [3.8, 4) is 0 Å². The monoisotopic (exact) mass is 340 g/mol. The van der Waals surface area contributed by atoms with Gasteiger partial charge >= 0.3 is 0 Å². The number of aromatic nitrogens is 2. The number of amides is 1. The van der Waals surface area contributed by atoms with E-state index in [-0.39, 0.29) is 24.4 Å². The molecule has 0 aromatic carbocycles. The fraction of sp³-hybridized carbons (Fsp3) is 0.467. The molecule has 0 bridgehead atoms. The molecule has 5 nitrogen and oxygen atoms in total. The van der Waals surface area contributed by atoms with Crippen molar-refractivity contribution in [3.63, 3.8) is 0 Å². The van der Waals surface area contributed by atoms with Crippen LogP contribution in [-0.2, 0) is 10.3 Å². The van der Waals surface area contributed by atoms with Crippen molar-refractivity contribution in [1.82, 2.24) is 20.4 Å². The van der Waals surface area contributed by atoms with Crippen LogP contribution in [0.3, 0.4) is 0 Å². The molecule has 120 valence electrons. The Kier molecular flexibility index (Phi) is 5.61. The number of carbonyl (C=O) groups is 1. The third-order valence-corrected chi connectivity index (χ3v) is 5.17. The number of rotatable bonds is 4. The zero-order chi connectivity index (χ0) is 14.7. The Morgan fingerprint density at radius 2 is 2.23 bits per heavy atom. The maximum absolute atomic E-state index is 12.9. The van der Waals surface area contributed by atoms with Crippen molar-refractivity contribution >= 4 is 29.7 Å². The highest BCUT2D eigenvalue weighted by molar-refractivity contribution is 7.10. The molecule has 1 amide bonds. The van der Waals surface area contributed by atoms with Crippen molar-refractivity contribution in [2.24, 2.45) is 0 Å². The molecule has 22 heavy (non-hydrogen) atoms. The van der Waals surface area contributed by atoms with Gasteiger partial charge in [-0.25, -0.2) is 0 Å². The standard InChI is InChI=1S/C15H20N4OS.ClH/c1-12(13-4-2-11-21-13)18-14(20)15(5-8-16-9-6-15)19-10-3-7-17-19;/h2-4,7,10-12,16H,5-6,8-9H2,1H3,(H,18,20);1H. The number of halogens is 1. The number of hydrogen-bond acceptors (Lipinski definition) is 4. The summed E-state index contributed by atoms with van der Waals surface area (Å²) < 4.78 is 1.82. The second-order valence-electron chi connectivity index (χ2n) is 5.44. The van der Waals surface area contributed by atoms with Gasteiger partial charge in [-0.2, -0.15) is 5.10 Å². The molecule has 3 rings (SSSR count). The van der Waals surface area contributed by atoms with Crippen LogP contribution < -0.4 is 10.6 Å². The molecule has 1 fully saturated rings. The van der Waals surface area contributed by atoms with E-state index in [1.807, 2.05) is 35.3 Å². The van der Waals surface area contributed by atoms with Crippen LogP contribution in [0.15, 0.2) is 36.0 Å². The highest BCUT2D eigenvalue weighted by Crippen LogP contribution is 2.29. The third kappa shape index (κ3) is 3.19. The van der Waals surface area contributed by atoms with Crippen LogP contribution >= 0.6 is 23.7 Å². The van der Waals surface area contributed by atoms with Crippen LogP contribution in [0.1, 0.15) is 30.7 Å². The molecule has 1 unspecified atom stereocenters. The zero-order valence-corrected chi connectivity index (χ0v) is 14.1. The number of nitrogens with zero attached hydrogens (tertiary/aromatic N) is 2. The lowest BCUT2D eigenvalue weighted by Crippen LogP contribution is -2.54. The van der Waals surface area contributed by atoms with Gasteiger partial charge in [0, 0.05) is 17.3 Å². The summed E-state index contributed by atoms with van der Waals surface area (Å²) in [4.78, 5) is 14.1. The maximum Gasteiger partial charge on any atom is 0.248 e. The maximum atomic E-state index is 12.9. The molecular weight excluding hydrogens is 320 g/mol. The number of thiophene rings is 1. The molecule has 2 N–H and O–H groups in total. The summed E-state index contributed by atoms with van der Waals surface area (Å²) in [5.74, 6) is 0.0635. The highest BCUT2D eigenvalue weighted by Gasteiger charge is 2.42. The number of hydrogen-bond donors (Lipinski definition) is 2. The average Bonchev–Trinajstić information content (AvgIpc) is 3.21.